The van der Waals surface area contributed by atoms with E-state index in [9.17, 15) is 19.2 Å². The van der Waals surface area contributed by atoms with E-state index in [1.807, 2.05) is 24.0 Å². The first kappa shape index (κ1) is 38.3. The van der Waals surface area contributed by atoms with Gasteiger partial charge in [-0.3, -0.25) is 29.5 Å². The van der Waals surface area contributed by atoms with Gasteiger partial charge in [-0.15, -0.1) is 0 Å². The average molecular weight is 767 g/mol. The number of nitrogens with one attached hydrogen (secondary N) is 2. The fraction of sp³-hybridized carbons (Fsp3) is 0.390. The SMILES string of the molecule is Cc1cc2cc(n1)-c1cnn(C)c1OCCC[C@@H](C)CN1/C(=N/C2=O)Nc2ccc(C(=O)N(C)CCCCc3cc(F)c([C@H]4CCC(=O)NC4=O)c(F)c3)cc21. The molecule has 2 atom stereocenters. The molecule has 1 saturated heterocycles. The molecule has 0 unspecified atom stereocenters. The Morgan fingerprint density at radius 1 is 1.04 bits per heavy atom. The number of imide groups is 1. The van der Waals surface area contributed by atoms with Gasteiger partial charge < -0.3 is 19.9 Å². The molecule has 0 saturated carbocycles. The van der Waals surface area contributed by atoms with Gasteiger partial charge in [0.05, 0.1) is 41.4 Å². The summed E-state index contributed by atoms with van der Waals surface area (Å²) in [5.74, 6) is -3.32. The third kappa shape index (κ3) is 8.02. The summed E-state index contributed by atoms with van der Waals surface area (Å²) in [5.41, 5.74) is 4.33. The number of carbonyl (C=O) groups is 4. The van der Waals surface area contributed by atoms with Gasteiger partial charge in [-0.2, -0.15) is 10.1 Å². The second kappa shape index (κ2) is 16.0. The Bertz CT molecular complexity index is 2230. The summed E-state index contributed by atoms with van der Waals surface area (Å²) in [5, 5.41) is 9.81. The van der Waals surface area contributed by atoms with Gasteiger partial charge in [0.2, 0.25) is 23.7 Å². The van der Waals surface area contributed by atoms with Gasteiger partial charge in [0.1, 0.15) is 11.6 Å². The van der Waals surface area contributed by atoms with Crippen LogP contribution in [0.1, 0.15) is 88.9 Å². The number of aromatic nitrogens is 3. The fourth-order valence-corrected chi connectivity index (χ4v) is 7.52. The third-order valence-electron chi connectivity index (χ3n) is 10.5. The minimum Gasteiger partial charge on any atom is -0.477 e. The van der Waals surface area contributed by atoms with Crippen LogP contribution < -0.4 is 20.3 Å². The number of amides is 4. The molecule has 2 aromatic heterocycles. The first-order valence-electron chi connectivity index (χ1n) is 18.9. The van der Waals surface area contributed by atoms with Crippen molar-refractivity contribution in [3.05, 3.63) is 88.2 Å². The number of rotatable bonds is 7. The summed E-state index contributed by atoms with van der Waals surface area (Å²) in [6, 6.07) is 11.2. The number of carbonyl (C=O) groups excluding carboxylic acids is 4. The van der Waals surface area contributed by atoms with E-state index in [1.165, 1.54) is 12.1 Å². The number of unbranched alkanes of at least 4 members (excludes halogenated alkanes) is 1. The highest BCUT2D eigenvalue weighted by Gasteiger charge is 2.33. The molecule has 2 aromatic carbocycles. The van der Waals surface area contributed by atoms with Crippen LogP contribution in [0, 0.1) is 24.5 Å². The lowest BCUT2D eigenvalue weighted by molar-refractivity contribution is -0.134. The van der Waals surface area contributed by atoms with E-state index in [4.69, 9.17) is 4.74 Å². The zero-order valence-corrected chi connectivity index (χ0v) is 31.8. The largest absolute Gasteiger partial charge is 0.477 e. The maximum Gasteiger partial charge on any atom is 0.280 e. The number of halogens is 2. The highest BCUT2D eigenvalue weighted by Crippen LogP contribution is 2.36. The van der Waals surface area contributed by atoms with Gasteiger partial charge in [-0.1, -0.05) is 6.92 Å². The van der Waals surface area contributed by atoms with E-state index in [1.54, 1.807) is 48.1 Å². The van der Waals surface area contributed by atoms with Crippen LogP contribution in [-0.4, -0.2) is 76.0 Å². The summed E-state index contributed by atoms with van der Waals surface area (Å²) in [4.78, 5) is 63.8. The molecule has 3 aliphatic rings. The van der Waals surface area contributed by atoms with E-state index < -0.39 is 35.3 Å². The number of fused-ring (bicyclic) bond motifs is 7. The molecule has 0 radical (unpaired) electrons. The molecule has 1 fully saturated rings. The Morgan fingerprint density at radius 3 is 2.59 bits per heavy atom. The van der Waals surface area contributed by atoms with Crippen LogP contribution in [0.2, 0.25) is 0 Å². The number of guanidine groups is 1. The van der Waals surface area contributed by atoms with Crippen molar-refractivity contribution < 1.29 is 32.7 Å². The Balaban J connectivity index is 1.03. The van der Waals surface area contributed by atoms with Crippen LogP contribution in [0.4, 0.5) is 20.2 Å². The van der Waals surface area contributed by atoms with Crippen molar-refractivity contribution in [3.63, 3.8) is 0 Å². The van der Waals surface area contributed by atoms with E-state index in [0.29, 0.717) is 84.4 Å². The molecule has 0 spiro atoms. The summed E-state index contributed by atoms with van der Waals surface area (Å²) < 4.78 is 37.8. The molecule has 2 N–H and O–H groups in total. The number of nitrogens with zero attached hydrogens (tertiary/aromatic N) is 6. The molecule has 13 nitrogen and oxygen atoms in total. The topological polar surface area (TPSA) is 151 Å². The van der Waals surface area contributed by atoms with Gasteiger partial charge in [-0.25, -0.2) is 13.5 Å². The number of aliphatic imine (C=N–C) groups is 1. The molecular formula is C41H44F2N8O5. The minimum absolute atomic E-state index is 0.0256. The molecule has 4 amide bonds. The first-order chi connectivity index (χ1) is 26.9. The standard InChI is InChI=1S/C41H44F2N8O5/c1-23-8-7-15-56-40-29(21-44-50(40)4)33-19-27(16-24(2)45-33)37(53)48-41-46-32-12-10-26(20-34(32)51(41)22-23)39(55)49(3)14-6-5-9-25-17-30(42)36(31(43)18-25)28-11-13-35(52)47-38(28)54/h10,12,16-21,23,28H,5-9,11,13-15,22H2,1-4H3,(H,46,48,53)(H,47,52,54)/t23-,28-/m1/s1. The van der Waals surface area contributed by atoms with E-state index in [0.717, 1.165) is 24.2 Å². The van der Waals surface area contributed by atoms with Crippen molar-refractivity contribution in [2.45, 2.75) is 64.7 Å². The van der Waals surface area contributed by atoms with Gasteiger partial charge in [0.25, 0.3) is 11.8 Å². The number of aryl methyl sites for hydroxylation is 3. The predicted octanol–water partition coefficient (Wildman–Crippen LogP) is 5.92. The number of pyridine rings is 1. The fourth-order valence-electron chi connectivity index (χ4n) is 7.52. The van der Waals surface area contributed by atoms with E-state index >= 15 is 8.78 Å². The number of hydrogen-bond donors (Lipinski definition) is 2. The lowest BCUT2D eigenvalue weighted by Crippen LogP contribution is -2.40. The van der Waals surface area contributed by atoms with E-state index in [2.05, 4.69) is 32.6 Å². The number of anilines is 2. The van der Waals surface area contributed by atoms with Crippen LogP contribution in [0.3, 0.4) is 0 Å². The summed E-state index contributed by atoms with van der Waals surface area (Å²) in [6.07, 6.45) is 4.89. The number of ether oxygens (including phenoxy) is 1. The molecule has 0 aliphatic carbocycles. The van der Waals surface area contributed by atoms with Crippen LogP contribution in [0.15, 0.2) is 53.7 Å². The van der Waals surface area contributed by atoms with Gasteiger partial charge >= 0.3 is 0 Å². The van der Waals surface area contributed by atoms with Crippen molar-refractivity contribution in [1.29, 1.82) is 0 Å². The normalized spacial score (nSPS) is 19.3. The Kier molecular flexibility index (Phi) is 10.9. The zero-order chi connectivity index (χ0) is 39.7. The lowest BCUT2D eigenvalue weighted by Gasteiger charge is -2.24. The quantitative estimate of drug-likeness (QED) is 0.173. The zero-order valence-electron chi connectivity index (χ0n) is 31.8. The van der Waals surface area contributed by atoms with Crippen molar-refractivity contribution in [2.75, 3.05) is 37.0 Å². The number of piperidine rings is 1. The number of hydrogen-bond acceptors (Lipinski definition) is 9. The summed E-state index contributed by atoms with van der Waals surface area (Å²) in [7, 11) is 3.52. The molecule has 3 aliphatic heterocycles. The molecule has 7 rings (SSSR count). The van der Waals surface area contributed by atoms with E-state index in [-0.39, 0.29) is 30.2 Å². The van der Waals surface area contributed by atoms with Crippen LogP contribution in [0.25, 0.3) is 11.3 Å². The van der Waals surface area contributed by atoms with Gasteiger partial charge in [0.15, 0.2) is 0 Å². The Morgan fingerprint density at radius 2 is 1.82 bits per heavy atom. The Labute approximate surface area is 323 Å². The molecule has 4 aromatic rings. The molecule has 5 heterocycles. The van der Waals surface area contributed by atoms with Crippen LogP contribution in [-0.2, 0) is 23.1 Å². The molecule has 292 valence electrons. The monoisotopic (exact) mass is 766 g/mol. The number of benzene rings is 2. The van der Waals surface area contributed by atoms with Crippen LogP contribution in [0.5, 0.6) is 5.88 Å². The van der Waals surface area contributed by atoms with Crippen molar-refractivity contribution in [3.8, 4) is 17.1 Å². The van der Waals surface area contributed by atoms with Gasteiger partial charge in [0, 0.05) is 56.0 Å². The maximum absolute atomic E-state index is 15.0. The molecule has 2 bridgehead atoms. The highest BCUT2D eigenvalue weighted by atomic mass is 19.1. The van der Waals surface area contributed by atoms with Gasteiger partial charge in [-0.05, 0) is 99.4 Å². The minimum atomic E-state index is -1.05. The predicted molar refractivity (Wildman–Crippen MR) is 206 cm³/mol. The Hall–Kier alpha value is -5.99. The second-order valence-electron chi connectivity index (χ2n) is 14.8. The maximum atomic E-state index is 15.0. The summed E-state index contributed by atoms with van der Waals surface area (Å²) >= 11 is 0. The molecule has 15 heteroatoms. The molecular weight excluding hydrogens is 722 g/mol. The summed E-state index contributed by atoms with van der Waals surface area (Å²) in [6.45, 7) is 5.36. The highest BCUT2D eigenvalue weighted by molar-refractivity contribution is 6.19. The lowest BCUT2D eigenvalue weighted by atomic mass is 9.88. The smallest absolute Gasteiger partial charge is 0.280 e. The van der Waals surface area contributed by atoms with Crippen molar-refractivity contribution >= 4 is 41.0 Å². The molecule has 56 heavy (non-hydrogen) atoms. The van der Waals surface area contributed by atoms with Crippen molar-refractivity contribution in [1.82, 2.24) is 25.0 Å². The first-order valence-corrected chi connectivity index (χ1v) is 18.9. The van der Waals surface area contributed by atoms with Crippen molar-refractivity contribution in [2.24, 2.45) is 18.0 Å². The average Bonchev–Trinajstić information content (AvgIpc) is 3.69. The third-order valence-corrected chi connectivity index (χ3v) is 10.5. The van der Waals surface area contributed by atoms with Crippen LogP contribution >= 0.6 is 0 Å². The second-order valence-corrected chi connectivity index (χ2v) is 14.8.